The van der Waals surface area contributed by atoms with Crippen molar-refractivity contribution in [1.82, 2.24) is 0 Å². The number of para-hydroxylation sites is 2. The van der Waals surface area contributed by atoms with Crippen molar-refractivity contribution in [3.63, 3.8) is 0 Å². The molecule has 148 valence electrons. The lowest BCUT2D eigenvalue weighted by Crippen LogP contribution is -2.17. The van der Waals surface area contributed by atoms with Gasteiger partial charge < -0.3 is 20.1 Å². The maximum atomic E-state index is 12.5. The van der Waals surface area contributed by atoms with Crippen LogP contribution in [0, 0.1) is 5.92 Å². The fourth-order valence-electron chi connectivity index (χ4n) is 2.39. The molecule has 0 saturated carbocycles. The normalized spacial score (nSPS) is 10.3. The third-order valence-corrected chi connectivity index (χ3v) is 3.62. The van der Waals surface area contributed by atoms with E-state index in [0.29, 0.717) is 23.4 Å². The monoisotopic (exact) mass is 384 g/mol. The fraction of sp³-hybridized carbons (Fsp3) is 0.286. The summed E-state index contributed by atoms with van der Waals surface area (Å²) in [4.78, 5) is 35.8. The van der Waals surface area contributed by atoms with Gasteiger partial charge in [0.05, 0.1) is 18.0 Å². The zero-order chi connectivity index (χ0) is 20.5. The quantitative estimate of drug-likeness (QED) is 0.543. The summed E-state index contributed by atoms with van der Waals surface area (Å²) in [5.41, 5.74) is 1.40. The number of anilines is 2. The second kappa shape index (κ2) is 10.1. The van der Waals surface area contributed by atoms with Gasteiger partial charge in [-0.25, -0.2) is 4.79 Å². The van der Waals surface area contributed by atoms with Crippen molar-refractivity contribution in [1.29, 1.82) is 0 Å². The van der Waals surface area contributed by atoms with Crippen LogP contribution in [0.25, 0.3) is 0 Å². The number of amides is 2. The first-order valence-electron chi connectivity index (χ1n) is 9.04. The Labute approximate surface area is 164 Å². The Morgan fingerprint density at radius 1 is 0.929 bits per heavy atom. The largest absolute Gasteiger partial charge is 0.513 e. The molecule has 0 spiro atoms. The highest BCUT2D eigenvalue weighted by Gasteiger charge is 2.12. The van der Waals surface area contributed by atoms with Gasteiger partial charge in [-0.2, -0.15) is 0 Å². The van der Waals surface area contributed by atoms with Crippen LogP contribution in [-0.2, 0) is 9.53 Å². The summed E-state index contributed by atoms with van der Waals surface area (Å²) in [7, 11) is 0. The molecule has 0 fully saturated rings. The Morgan fingerprint density at radius 2 is 1.54 bits per heavy atom. The molecule has 2 rings (SSSR count). The fourth-order valence-corrected chi connectivity index (χ4v) is 2.39. The van der Waals surface area contributed by atoms with Gasteiger partial charge >= 0.3 is 6.16 Å². The van der Waals surface area contributed by atoms with Crippen molar-refractivity contribution in [2.75, 3.05) is 17.2 Å². The van der Waals surface area contributed by atoms with E-state index in [-0.39, 0.29) is 30.1 Å². The highest BCUT2D eigenvalue weighted by molar-refractivity contribution is 6.07. The van der Waals surface area contributed by atoms with Gasteiger partial charge in [-0.05, 0) is 49.2 Å². The Kier molecular flexibility index (Phi) is 7.56. The van der Waals surface area contributed by atoms with E-state index >= 15 is 0 Å². The zero-order valence-corrected chi connectivity index (χ0v) is 16.2. The van der Waals surface area contributed by atoms with E-state index < -0.39 is 6.16 Å². The number of carbonyl (C=O) groups excluding carboxylic acids is 3. The van der Waals surface area contributed by atoms with Gasteiger partial charge in [0.1, 0.15) is 5.75 Å². The molecule has 28 heavy (non-hydrogen) atoms. The van der Waals surface area contributed by atoms with Gasteiger partial charge in [-0.1, -0.05) is 26.0 Å². The predicted molar refractivity (Wildman–Crippen MR) is 107 cm³/mol. The van der Waals surface area contributed by atoms with E-state index in [0.717, 1.165) is 0 Å². The molecule has 0 aliphatic heterocycles. The van der Waals surface area contributed by atoms with Crippen LogP contribution in [0.2, 0.25) is 0 Å². The van der Waals surface area contributed by atoms with Gasteiger partial charge in [-0.3, -0.25) is 9.59 Å². The standard InChI is InChI=1S/C21H24N2O5/c1-4-27-21(26)28-16-11-9-15(10-12-16)20(25)23-18-8-6-5-7-17(18)22-19(24)13-14(2)3/h5-12,14H,4,13H2,1-3H3,(H,22,24)(H,23,25). The molecule has 7 nitrogen and oxygen atoms in total. The molecule has 0 bridgehead atoms. The van der Waals surface area contributed by atoms with Gasteiger partial charge in [0.15, 0.2) is 0 Å². The van der Waals surface area contributed by atoms with Crippen molar-refractivity contribution < 1.29 is 23.9 Å². The maximum absolute atomic E-state index is 12.5. The Bertz CT molecular complexity index is 831. The molecule has 0 aliphatic rings. The summed E-state index contributed by atoms with van der Waals surface area (Å²) < 4.78 is 9.66. The molecule has 0 unspecified atom stereocenters. The number of carbonyl (C=O) groups is 3. The summed E-state index contributed by atoms with van der Waals surface area (Å²) in [6.07, 6.45) is -0.407. The average Bonchev–Trinajstić information content (AvgIpc) is 2.63. The first-order chi connectivity index (χ1) is 13.4. The number of rotatable bonds is 7. The smallest absolute Gasteiger partial charge is 0.434 e. The number of hydrogen-bond donors (Lipinski definition) is 2. The highest BCUT2D eigenvalue weighted by Crippen LogP contribution is 2.23. The van der Waals surface area contributed by atoms with Crippen LogP contribution in [0.15, 0.2) is 48.5 Å². The molecule has 0 aliphatic carbocycles. The Hall–Kier alpha value is -3.35. The lowest BCUT2D eigenvalue weighted by molar-refractivity contribution is -0.116. The van der Waals surface area contributed by atoms with E-state index in [1.807, 2.05) is 13.8 Å². The molecule has 7 heteroatoms. The minimum absolute atomic E-state index is 0.114. The van der Waals surface area contributed by atoms with Gasteiger partial charge in [0.2, 0.25) is 5.91 Å². The second-order valence-corrected chi connectivity index (χ2v) is 6.46. The second-order valence-electron chi connectivity index (χ2n) is 6.46. The SMILES string of the molecule is CCOC(=O)Oc1ccc(C(=O)Nc2ccccc2NC(=O)CC(C)C)cc1. The van der Waals surface area contributed by atoms with Crippen LogP contribution in [0.3, 0.4) is 0 Å². The lowest BCUT2D eigenvalue weighted by Gasteiger charge is -2.13. The van der Waals surface area contributed by atoms with E-state index in [9.17, 15) is 14.4 Å². The van der Waals surface area contributed by atoms with Crippen molar-refractivity contribution in [3.8, 4) is 5.75 Å². The van der Waals surface area contributed by atoms with Crippen molar-refractivity contribution in [2.24, 2.45) is 5.92 Å². The Morgan fingerprint density at radius 3 is 2.11 bits per heavy atom. The maximum Gasteiger partial charge on any atom is 0.513 e. The van der Waals surface area contributed by atoms with Crippen LogP contribution in [-0.4, -0.2) is 24.6 Å². The third-order valence-electron chi connectivity index (χ3n) is 3.62. The van der Waals surface area contributed by atoms with Crippen LogP contribution in [0.1, 0.15) is 37.6 Å². The van der Waals surface area contributed by atoms with E-state index in [4.69, 9.17) is 9.47 Å². The highest BCUT2D eigenvalue weighted by atomic mass is 16.7. The summed E-state index contributed by atoms with van der Waals surface area (Å²) in [5, 5.41) is 5.60. The minimum atomic E-state index is -0.800. The predicted octanol–water partition coefficient (Wildman–Crippen LogP) is 4.46. The number of nitrogens with one attached hydrogen (secondary N) is 2. The van der Waals surface area contributed by atoms with Gasteiger partial charge in [0, 0.05) is 12.0 Å². The first-order valence-corrected chi connectivity index (χ1v) is 9.04. The van der Waals surface area contributed by atoms with Crippen LogP contribution < -0.4 is 15.4 Å². The van der Waals surface area contributed by atoms with Gasteiger partial charge in [-0.15, -0.1) is 0 Å². The molecule has 0 heterocycles. The van der Waals surface area contributed by atoms with Crippen molar-refractivity contribution in [3.05, 3.63) is 54.1 Å². The topological polar surface area (TPSA) is 93.7 Å². The molecule has 0 saturated heterocycles. The molecule has 2 amide bonds. The number of hydrogen-bond acceptors (Lipinski definition) is 5. The zero-order valence-electron chi connectivity index (χ0n) is 16.2. The molecule has 2 aromatic rings. The first kappa shape index (κ1) is 21.0. The summed E-state index contributed by atoms with van der Waals surface area (Å²) in [6, 6.07) is 13.1. The minimum Gasteiger partial charge on any atom is -0.434 e. The number of benzene rings is 2. The Balaban J connectivity index is 2.04. The lowest BCUT2D eigenvalue weighted by atomic mass is 10.1. The summed E-state index contributed by atoms with van der Waals surface area (Å²) >= 11 is 0. The molecule has 0 radical (unpaired) electrons. The summed E-state index contributed by atoms with van der Waals surface area (Å²) in [6.45, 7) is 5.81. The van der Waals surface area contributed by atoms with Crippen LogP contribution in [0.5, 0.6) is 5.75 Å². The van der Waals surface area contributed by atoms with Crippen LogP contribution in [0.4, 0.5) is 16.2 Å². The molecule has 0 aromatic heterocycles. The number of ether oxygens (including phenoxy) is 2. The van der Waals surface area contributed by atoms with E-state index in [1.54, 1.807) is 31.2 Å². The van der Waals surface area contributed by atoms with Crippen molar-refractivity contribution >= 4 is 29.3 Å². The molecule has 2 N–H and O–H groups in total. The molecular formula is C21H24N2O5. The summed E-state index contributed by atoms with van der Waals surface area (Å²) in [5.74, 6) is 0.0406. The van der Waals surface area contributed by atoms with Crippen molar-refractivity contribution in [2.45, 2.75) is 27.2 Å². The molecule has 0 atom stereocenters. The van der Waals surface area contributed by atoms with E-state index in [1.165, 1.54) is 24.3 Å². The molecular weight excluding hydrogens is 360 g/mol. The molecule has 2 aromatic carbocycles. The van der Waals surface area contributed by atoms with Gasteiger partial charge in [0.25, 0.3) is 5.91 Å². The van der Waals surface area contributed by atoms with Crippen LogP contribution >= 0.6 is 0 Å². The van der Waals surface area contributed by atoms with E-state index in [2.05, 4.69) is 10.6 Å². The third kappa shape index (κ3) is 6.42. The average molecular weight is 384 g/mol.